The van der Waals surface area contributed by atoms with Crippen molar-refractivity contribution in [2.75, 3.05) is 13.1 Å². The van der Waals surface area contributed by atoms with Gasteiger partial charge in [-0.3, -0.25) is 0 Å². The number of benzene rings is 1. The summed E-state index contributed by atoms with van der Waals surface area (Å²) in [4.78, 5) is 4.27. The summed E-state index contributed by atoms with van der Waals surface area (Å²) in [6.45, 7) is 0.784. The Morgan fingerprint density at radius 1 is 1.31 bits per heavy atom. The Bertz CT molecular complexity index is 882. The van der Waals surface area contributed by atoms with Crippen LogP contribution in [0, 0.1) is 5.82 Å². The van der Waals surface area contributed by atoms with Crippen LogP contribution in [0.25, 0.3) is 0 Å². The quantitative estimate of drug-likeness (QED) is 0.764. The molecule has 4 rings (SSSR count). The van der Waals surface area contributed by atoms with Crippen molar-refractivity contribution in [1.82, 2.24) is 14.4 Å². The number of sulfonamides is 1. The van der Waals surface area contributed by atoms with Gasteiger partial charge in [0.05, 0.1) is 11.0 Å². The largest absolute Gasteiger partial charge is 0.367 e. The molecule has 2 aromatic rings. The average Bonchev–Trinajstić information content (AvgIpc) is 3.38. The van der Waals surface area contributed by atoms with Gasteiger partial charge >= 0.3 is 0 Å². The number of nitrogens with zero attached hydrogens (tertiary/aromatic N) is 3. The second kappa shape index (κ2) is 7.05. The van der Waals surface area contributed by atoms with Crippen LogP contribution in [0.15, 0.2) is 33.7 Å². The molecule has 140 valence electrons. The average molecular weight is 381 g/mol. The molecule has 0 amide bonds. The van der Waals surface area contributed by atoms with Crippen molar-refractivity contribution in [2.45, 2.75) is 49.2 Å². The first-order valence-corrected chi connectivity index (χ1v) is 10.2. The maximum absolute atomic E-state index is 13.4. The third-order valence-corrected chi connectivity index (χ3v) is 6.50. The topological polar surface area (TPSA) is 85.5 Å². The van der Waals surface area contributed by atoms with Crippen LogP contribution >= 0.6 is 0 Å². The van der Waals surface area contributed by atoms with Gasteiger partial charge in [-0.25, -0.2) is 12.8 Å². The molecule has 1 unspecified atom stereocenters. The second-order valence-corrected chi connectivity index (χ2v) is 8.65. The lowest BCUT2D eigenvalue weighted by Gasteiger charge is -2.31. The third-order valence-electron chi connectivity index (χ3n) is 4.64. The standard InChI is InChI=1S/C17H20FN3O4S/c18-13-3-1-5-15(9-13)26(22,23)21-8-2-4-14(10-21)24-11-16-19-17(20-25-16)12-6-7-12/h1,3,5,9,12,14H,2,4,6-8,10-11H2. The molecule has 0 bridgehead atoms. The highest BCUT2D eigenvalue weighted by Crippen LogP contribution is 2.38. The zero-order valence-electron chi connectivity index (χ0n) is 14.2. The fourth-order valence-electron chi connectivity index (χ4n) is 3.06. The maximum Gasteiger partial charge on any atom is 0.252 e. The number of hydrogen-bond acceptors (Lipinski definition) is 6. The van der Waals surface area contributed by atoms with E-state index in [1.54, 1.807) is 0 Å². The van der Waals surface area contributed by atoms with Crippen LogP contribution in [0.2, 0.25) is 0 Å². The van der Waals surface area contributed by atoms with E-state index in [1.807, 2.05) is 0 Å². The highest BCUT2D eigenvalue weighted by atomic mass is 32.2. The van der Waals surface area contributed by atoms with Crippen molar-refractivity contribution in [3.8, 4) is 0 Å². The summed E-state index contributed by atoms with van der Waals surface area (Å²) in [6, 6.07) is 5.06. The second-order valence-electron chi connectivity index (χ2n) is 6.72. The van der Waals surface area contributed by atoms with E-state index in [-0.39, 0.29) is 24.2 Å². The first kappa shape index (κ1) is 17.6. The summed E-state index contributed by atoms with van der Waals surface area (Å²) < 4.78 is 51.1. The van der Waals surface area contributed by atoms with Crippen molar-refractivity contribution in [1.29, 1.82) is 0 Å². The van der Waals surface area contributed by atoms with Gasteiger partial charge < -0.3 is 9.26 Å². The Morgan fingerprint density at radius 3 is 2.92 bits per heavy atom. The molecule has 1 aliphatic carbocycles. The summed E-state index contributed by atoms with van der Waals surface area (Å²) in [5.41, 5.74) is 0. The molecule has 7 nitrogen and oxygen atoms in total. The molecule has 2 aliphatic rings. The zero-order chi connectivity index (χ0) is 18.1. The van der Waals surface area contributed by atoms with Crippen LogP contribution in [0.5, 0.6) is 0 Å². The van der Waals surface area contributed by atoms with Crippen LogP contribution in [0.4, 0.5) is 4.39 Å². The smallest absolute Gasteiger partial charge is 0.252 e. The highest BCUT2D eigenvalue weighted by molar-refractivity contribution is 7.89. The normalized spacial score (nSPS) is 21.8. The molecule has 0 spiro atoms. The van der Waals surface area contributed by atoms with E-state index in [4.69, 9.17) is 9.26 Å². The molecule has 0 N–H and O–H groups in total. The van der Waals surface area contributed by atoms with Gasteiger partial charge in [0.25, 0.3) is 5.89 Å². The SMILES string of the molecule is O=S(=O)(c1cccc(F)c1)N1CCCC(OCc2nc(C3CC3)no2)C1. The number of hydrogen-bond donors (Lipinski definition) is 0. The van der Waals surface area contributed by atoms with Gasteiger partial charge in [0.2, 0.25) is 10.0 Å². The summed E-state index contributed by atoms with van der Waals surface area (Å²) in [6.07, 6.45) is 3.35. The van der Waals surface area contributed by atoms with Crippen molar-refractivity contribution in [3.63, 3.8) is 0 Å². The number of aromatic nitrogens is 2. The Balaban J connectivity index is 1.38. The molecule has 2 heterocycles. The first-order valence-electron chi connectivity index (χ1n) is 8.72. The fourth-order valence-corrected chi connectivity index (χ4v) is 4.60. The fraction of sp³-hybridized carbons (Fsp3) is 0.529. The molecule has 1 aromatic heterocycles. The van der Waals surface area contributed by atoms with Crippen LogP contribution < -0.4 is 0 Å². The maximum atomic E-state index is 13.4. The van der Waals surface area contributed by atoms with Crippen LogP contribution in [-0.2, 0) is 21.4 Å². The van der Waals surface area contributed by atoms with Gasteiger partial charge in [0, 0.05) is 19.0 Å². The van der Waals surface area contributed by atoms with Crippen molar-refractivity contribution < 1.29 is 22.1 Å². The first-order chi connectivity index (χ1) is 12.5. The lowest BCUT2D eigenvalue weighted by atomic mass is 10.1. The van der Waals surface area contributed by atoms with Gasteiger partial charge in [-0.2, -0.15) is 9.29 Å². The Labute approximate surface area is 151 Å². The van der Waals surface area contributed by atoms with E-state index in [9.17, 15) is 12.8 Å². The molecular weight excluding hydrogens is 361 g/mol. The lowest BCUT2D eigenvalue weighted by Crippen LogP contribution is -2.43. The van der Waals surface area contributed by atoms with Crippen molar-refractivity contribution >= 4 is 10.0 Å². The van der Waals surface area contributed by atoms with E-state index in [0.717, 1.165) is 31.2 Å². The molecule has 1 saturated carbocycles. The van der Waals surface area contributed by atoms with E-state index < -0.39 is 15.8 Å². The predicted molar refractivity (Wildman–Crippen MR) is 89.2 cm³/mol. The van der Waals surface area contributed by atoms with Crippen LogP contribution in [0.3, 0.4) is 0 Å². The highest BCUT2D eigenvalue weighted by Gasteiger charge is 2.32. The molecule has 1 saturated heterocycles. The van der Waals surface area contributed by atoms with E-state index in [2.05, 4.69) is 10.1 Å². The number of piperidine rings is 1. The zero-order valence-corrected chi connectivity index (χ0v) is 15.0. The summed E-state index contributed by atoms with van der Waals surface area (Å²) >= 11 is 0. The molecule has 0 radical (unpaired) electrons. The number of rotatable bonds is 6. The van der Waals surface area contributed by atoms with Gasteiger partial charge in [0.1, 0.15) is 12.4 Å². The predicted octanol–water partition coefficient (Wildman–Crippen LogP) is 2.46. The van der Waals surface area contributed by atoms with Crippen molar-refractivity contribution in [2.24, 2.45) is 0 Å². The molecule has 1 aromatic carbocycles. The molecule has 26 heavy (non-hydrogen) atoms. The molecular formula is C17H20FN3O4S. The Kier molecular flexibility index (Phi) is 4.76. The van der Waals surface area contributed by atoms with Gasteiger partial charge in [0.15, 0.2) is 5.82 Å². The summed E-state index contributed by atoms with van der Waals surface area (Å²) in [7, 11) is -3.74. The third kappa shape index (κ3) is 3.79. The van der Waals surface area contributed by atoms with E-state index in [0.29, 0.717) is 24.8 Å². The Hall–Kier alpha value is -1.84. The van der Waals surface area contributed by atoms with Crippen molar-refractivity contribution in [3.05, 3.63) is 41.8 Å². The molecule has 9 heteroatoms. The molecule has 1 aliphatic heterocycles. The van der Waals surface area contributed by atoms with E-state index in [1.165, 1.54) is 22.5 Å². The summed E-state index contributed by atoms with van der Waals surface area (Å²) in [5, 5.41) is 3.94. The van der Waals surface area contributed by atoms with Crippen LogP contribution in [0.1, 0.15) is 43.3 Å². The molecule has 2 fully saturated rings. The minimum Gasteiger partial charge on any atom is -0.367 e. The van der Waals surface area contributed by atoms with Gasteiger partial charge in [-0.05, 0) is 43.9 Å². The lowest BCUT2D eigenvalue weighted by molar-refractivity contribution is -0.00296. The van der Waals surface area contributed by atoms with E-state index >= 15 is 0 Å². The van der Waals surface area contributed by atoms with Gasteiger partial charge in [-0.1, -0.05) is 11.2 Å². The summed E-state index contributed by atoms with van der Waals surface area (Å²) in [5.74, 6) is 0.979. The number of halogens is 1. The monoisotopic (exact) mass is 381 g/mol. The van der Waals surface area contributed by atoms with Crippen LogP contribution in [-0.4, -0.2) is 42.1 Å². The van der Waals surface area contributed by atoms with Gasteiger partial charge in [-0.15, -0.1) is 0 Å². The Morgan fingerprint density at radius 2 is 2.15 bits per heavy atom. The molecule has 1 atom stereocenters. The number of ether oxygens (including phenoxy) is 1. The minimum atomic E-state index is -3.74. The minimum absolute atomic E-state index is 0.0378.